The third-order valence-corrected chi connectivity index (χ3v) is 3.34. The lowest BCUT2D eigenvalue weighted by Crippen LogP contribution is -2.22. The van der Waals surface area contributed by atoms with Gasteiger partial charge < -0.3 is 10.0 Å². The van der Waals surface area contributed by atoms with Crippen molar-refractivity contribution in [2.45, 2.75) is 26.2 Å². The molecule has 1 aromatic carbocycles. The first-order valence-corrected chi connectivity index (χ1v) is 7.03. The first-order valence-electron chi connectivity index (χ1n) is 6.24. The molecule has 0 saturated carbocycles. The van der Waals surface area contributed by atoms with Gasteiger partial charge in [0.15, 0.2) is 0 Å². The number of hydrogen-bond donors (Lipinski definition) is 1. The highest BCUT2D eigenvalue weighted by Gasteiger charge is 2.06. The molecule has 3 nitrogen and oxygen atoms in total. The molecule has 0 aliphatic heterocycles. The van der Waals surface area contributed by atoms with Crippen LogP contribution in [0.3, 0.4) is 0 Å². The summed E-state index contributed by atoms with van der Waals surface area (Å²) in [7, 11) is 2.10. The van der Waals surface area contributed by atoms with Crippen molar-refractivity contribution in [1.82, 2.24) is 4.90 Å². The Morgan fingerprint density at radius 3 is 2.67 bits per heavy atom. The minimum absolute atomic E-state index is 0.343. The fraction of sp³-hybridized carbons (Fsp3) is 0.500. The summed E-state index contributed by atoms with van der Waals surface area (Å²) in [6.07, 6.45) is 3.28. The Kier molecular flexibility index (Phi) is 6.36. The summed E-state index contributed by atoms with van der Waals surface area (Å²) < 4.78 is 0.827. The number of halogens is 1. The molecule has 0 aliphatic rings. The summed E-state index contributed by atoms with van der Waals surface area (Å²) >= 11 is 3.35. The topological polar surface area (TPSA) is 40.5 Å². The van der Waals surface area contributed by atoms with E-state index in [0.717, 1.165) is 29.5 Å². The number of rotatable bonds is 7. The summed E-state index contributed by atoms with van der Waals surface area (Å²) in [6.45, 7) is 4.23. The van der Waals surface area contributed by atoms with Gasteiger partial charge >= 0.3 is 5.97 Å². The second-order valence-corrected chi connectivity index (χ2v) is 5.48. The monoisotopic (exact) mass is 313 g/mol. The molecular weight excluding hydrogens is 294 g/mol. The number of carbonyl (C=O) groups is 1. The maximum absolute atomic E-state index is 11.0. The molecule has 0 spiro atoms. The number of likely N-dealkylation sites (N-methyl/N-ethyl adjacent to an activating group) is 1. The quantitative estimate of drug-likeness (QED) is 0.838. The Hall–Kier alpha value is -0.870. The SMILES string of the molecule is CCCCN(C)CCc1cc(Br)cc(C(=O)O)c1. The Bertz CT molecular complexity index is 407. The third kappa shape index (κ3) is 5.19. The van der Waals surface area contributed by atoms with Crippen molar-refractivity contribution in [3.8, 4) is 0 Å². The van der Waals surface area contributed by atoms with Crippen LogP contribution in [0.1, 0.15) is 35.7 Å². The van der Waals surface area contributed by atoms with Crippen LogP contribution in [0.5, 0.6) is 0 Å². The number of nitrogens with zero attached hydrogens (tertiary/aromatic N) is 1. The summed E-state index contributed by atoms with van der Waals surface area (Å²) in [5, 5.41) is 9.00. The van der Waals surface area contributed by atoms with Gasteiger partial charge in [-0.15, -0.1) is 0 Å². The van der Waals surface area contributed by atoms with E-state index in [1.54, 1.807) is 12.1 Å². The molecule has 0 radical (unpaired) electrons. The van der Waals surface area contributed by atoms with Gasteiger partial charge in [0.2, 0.25) is 0 Å². The van der Waals surface area contributed by atoms with E-state index in [9.17, 15) is 4.79 Å². The number of carboxylic acids is 1. The number of hydrogen-bond acceptors (Lipinski definition) is 2. The van der Waals surface area contributed by atoms with Crippen molar-refractivity contribution in [1.29, 1.82) is 0 Å². The zero-order valence-corrected chi connectivity index (χ0v) is 12.5. The van der Waals surface area contributed by atoms with Crippen molar-refractivity contribution < 1.29 is 9.90 Å². The molecule has 4 heteroatoms. The molecule has 0 heterocycles. The van der Waals surface area contributed by atoms with Gasteiger partial charge in [0.25, 0.3) is 0 Å². The highest BCUT2D eigenvalue weighted by atomic mass is 79.9. The van der Waals surface area contributed by atoms with Crippen molar-refractivity contribution in [2.24, 2.45) is 0 Å². The third-order valence-electron chi connectivity index (χ3n) is 2.88. The highest BCUT2D eigenvalue weighted by Crippen LogP contribution is 2.16. The Morgan fingerprint density at radius 2 is 2.06 bits per heavy atom. The molecule has 18 heavy (non-hydrogen) atoms. The van der Waals surface area contributed by atoms with Crippen LogP contribution in [0.25, 0.3) is 0 Å². The van der Waals surface area contributed by atoms with E-state index in [0.29, 0.717) is 5.56 Å². The number of carboxylic acid groups (broad SMARTS) is 1. The Balaban J connectivity index is 2.59. The lowest BCUT2D eigenvalue weighted by atomic mass is 10.1. The maximum Gasteiger partial charge on any atom is 0.335 e. The summed E-state index contributed by atoms with van der Waals surface area (Å²) in [5.41, 5.74) is 1.40. The molecular formula is C14H20BrNO2. The lowest BCUT2D eigenvalue weighted by molar-refractivity contribution is 0.0696. The molecule has 1 rings (SSSR count). The molecule has 0 atom stereocenters. The second-order valence-electron chi connectivity index (χ2n) is 4.56. The summed E-state index contributed by atoms with van der Waals surface area (Å²) in [6, 6.07) is 5.37. The fourth-order valence-electron chi connectivity index (χ4n) is 1.78. The lowest BCUT2D eigenvalue weighted by Gasteiger charge is -2.16. The minimum atomic E-state index is -0.878. The molecule has 0 bridgehead atoms. The van der Waals surface area contributed by atoms with Crippen molar-refractivity contribution in [3.63, 3.8) is 0 Å². The molecule has 0 aliphatic carbocycles. The largest absolute Gasteiger partial charge is 0.478 e. The van der Waals surface area contributed by atoms with Crippen molar-refractivity contribution in [3.05, 3.63) is 33.8 Å². The predicted molar refractivity (Wildman–Crippen MR) is 77.2 cm³/mol. The fourth-order valence-corrected chi connectivity index (χ4v) is 2.32. The smallest absolute Gasteiger partial charge is 0.335 e. The van der Waals surface area contributed by atoms with Gasteiger partial charge in [-0.25, -0.2) is 4.79 Å². The van der Waals surface area contributed by atoms with E-state index < -0.39 is 5.97 Å². The van der Waals surface area contributed by atoms with E-state index >= 15 is 0 Å². The maximum atomic E-state index is 11.0. The predicted octanol–water partition coefficient (Wildman–Crippen LogP) is 3.42. The van der Waals surface area contributed by atoms with E-state index in [1.807, 2.05) is 6.07 Å². The van der Waals surface area contributed by atoms with Crippen LogP contribution in [0.2, 0.25) is 0 Å². The zero-order valence-electron chi connectivity index (χ0n) is 10.9. The molecule has 0 amide bonds. The minimum Gasteiger partial charge on any atom is -0.478 e. The molecule has 1 aromatic rings. The van der Waals surface area contributed by atoms with Crippen LogP contribution < -0.4 is 0 Å². The molecule has 0 saturated heterocycles. The van der Waals surface area contributed by atoms with Crippen LogP contribution in [-0.4, -0.2) is 36.1 Å². The van der Waals surface area contributed by atoms with Gasteiger partial charge in [0.05, 0.1) is 5.56 Å². The number of unbranched alkanes of at least 4 members (excludes halogenated alkanes) is 1. The van der Waals surface area contributed by atoms with Gasteiger partial charge in [-0.3, -0.25) is 0 Å². The Labute approximate surface area is 117 Å². The number of benzene rings is 1. The average Bonchev–Trinajstić information content (AvgIpc) is 2.33. The summed E-state index contributed by atoms with van der Waals surface area (Å²) in [5.74, 6) is -0.878. The summed E-state index contributed by atoms with van der Waals surface area (Å²) in [4.78, 5) is 13.2. The van der Waals surface area contributed by atoms with E-state index in [-0.39, 0.29) is 0 Å². The number of aromatic carboxylic acids is 1. The van der Waals surface area contributed by atoms with Gasteiger partial charge in [0.1, 0.15) is 0 Å². The van der Waals surface area contributed by atoms with Crippen LogP contribution in [-0.2, 0) is 6.42 Å². The molecule has 100 valence electrons. The first-order chi connectivity index (χ1) is 8.52. The van der Waals surface area contributed by atoms with Crippen LogP contribution in [0.4, 0.5) is 0 Å². The van der Waals surface area contributed by atoms with Gasteiger partial charge in [-0.2, -0.15) is 0 Å². The normalized spacial score (nSPS) is 10.9. The van der Waals surface area contributed by atoms with Gasteiger partial charge in [-0.1, -0.05) is 29.3 Å². The zero-order chi connectivity index (χ0) is 13.5. The molecule has 0 fully saturated rings. The molecule has 0 aromatic heterocycles. The van der Waals surface area contributed by atoms with Crippen LogP contribution >= 0.6 is 15.9 Å². The van der Waals surface area contributed by atoms with Crippen LogP contribution in [0, 0.1) is 0 Å². The molecule has 1 N–H and O–H groups in total. The average molecular weight is 314 g/mol. The van der Waals surface area contributed by atoms with E-state index in [2.05, 4.69) is 34.8 Å². The van der Waals surface area contributed by atoms with Gasteiger partial charge in [0, 0.05) is 11.0 Å². The van der Waals surface area contributed by atoms with Crippen LogP contribution in [0.15, 0.2) is 22.7 Å². The Morgan fingerprint density at radius 1 is 1.33 bits per heavy atom. The second kappa shape index (κ2) is 7.54. The van der Waals surface area contributed by atoms with Crippen molar-refractivity contribution in [2.75, 3.05) is 20.1 Å². The standard InChI is InChI=1S/C14H20BrNO2/c1-3-4-6-16(2)7-5-11-8-12(14(17)18)10-13(15)9-11/h8-10H,3-7H2,1-2H3,(H,17,18). The highest BCUT2D eigenvalue weighted by molar-refractivity contribution is 9.10. The van der Waals surface area contributed by atoms with Crippen molar-refractivity contribution >= 4 is 21.9 Å². The first kappa shape index (κ1) is 15.2. The van der Waals surface area contributed by atoms with E-state index in [4.69, 9.17) is 5.11 Å². The van der Waals surface area contributed by atoms with E-state index in [1.165, 1.54) is 12.8 Å². The molecule has 0 unspecified atom stereocenters. The van der Waals surface area contributed by atoms with Gasteiger partial charge in [-0.05, 0) is 50.2 Å².